The number of aromatic nitrogens is 4. The van der Waals surface area contributed by atoms with Crippen LogP contribution in [0.4, 0.5) is 5.69 Å². The van der Waals surface area contributed by atoms with Crippen molar-refractivity contribution in [3.8, 4) is 11.1 Å². The van der Waals surface area contributed by atoms with Gasteiger partial charge in [0.25, 0.3) is 0 Å². The van der Waals surface area contributed by atoms with Crippen molar-refractivity contribution in [1.82, 2.24) is 25.1 Å². The summed E-state index contributed by atoms with van der Waals surface area (Å²) in [5, 5.41) is 9.11. The number of rotatable bonds is 4. The van der Waals surface area contributed by atoms with E-state index in [-0.39, 0.29) is 0 Å². The van der Waals surface area contributed by atoms with Gasteiger partial charge in [-0.2, -0.15) is 5.10 Å². The van der Waals surface area contributed by atoms with Crippen LogP contribution in [0.1, 0.15) is 19.8 Å². The van der Waals surface area contributed by atoms with Crippen LogP contribution in [0.2, 0.25) is 0 Å². The fourth-order valence-electron chi connectivity index (χ4n) is 3.74. The van der Waals surface area contributed by atoms with E-state index in [9.17, 15) is 0 Å². The van der Waals surface area contributed by atoms with Crippen molar-refractivity contribution in [3.05, 3.63) is 30.9 Å². The van der Waals surface area contributed by atoms with E-state index >= 15 is 0 Å². The Morgan fingerprint density at radius 3 is 3.12 bits per heavy atom. The lowest BCUT2D eigenvalue weighted by Crippen LogP contribution is -2.45. The Balaban J connectivity index is 1.76. The third-order valence-corrected chi connectivity index (χ3v) is 4.82. The number of likely N-dealkylation sites (N-methyl/N-ethyl adjacent to an activating group) is 1. The van der Waals surface area contributed by atoms with Gasteiger partial charge in [-0.05, 0) is 25.5 Å². The number of hydrogen-bond donors (Lipinski definition) is 2. The number of piperidine rings is 1. The van der Waals surface area contributed by atoms with Crippen LogP contribution in [0, 0.1) is 0 Å². The van der Waals surface area contributed by atoms with E-state index < -0.39 is 0 Å². The Bertz CT molecular complexity index is 831. The Morgan fingerprint density at radius 2 is 2.33 bits per heavy atom. The van der Waals surface area contributed by atoms with Crippen molar-refractivity contribution in [2.24, 2.45) is 7.05 Å². The van der Waals surface area contributed by atoms with Crippen LogP contribution in [0.15, 0.2) is 30.9 Å². The SMILES string of the molecule is CCN[C@H]1CCCN(c2ccnc3[nH]cc(-c4cnn(C)c4)c23)C1. The predicted molar refractivity (Wildman–Crippen MR) is 97.2 cm³/mol. The molecule has 0 saturated carbocycles. The van der Waals surface area contributed by atoms with Gasteiger partial charge >= 0.3 is 0 Å². The third kappa shape index (κ3) is 2.67. The van der Waals surface area contributed by atoms with E-state index in [0.717, 1.165) is 30.8 Å². The number of fused-ring (bicyclic) bond motifs is 1. The molecule has 0 aromatic carbocycles. The van der Waals surface area contributed by atoms with Gasteiger partial charge in [0.15, 0.2) is 0 Å². The quantitative estimate of drug-likeness (QED) is 0.774. The lowest BCUT2D eigenvalue weighted by atomic mass is 10.0. The summed E-state index contributed by atoms with van der Waals surface area (Å²) >= 11 is 0. The minimum atomic E-state index is 0.563. The van der Waals surface area contributed by atoms with E-state index in [4.69, 9.17) is 0 Å². The maximum atomic E-state index is 4.52. The summed E-state index contributed by atoms with van der Waals surface area (Å²) in [7, 11) is 1.95. The molecule has 3 aromatic rings. The third-order valence-electron chi connectivity index (χ3n) is 4.82. The summed E-state index contributed by atoms with van der Waals surface area (Å²) in [6.45, 7) is 5.34. The molecule has 6 heteroatoms. The Labute approximate surface area is 141 Å². The van der Waals surface area contributed by atoms with E-state index in [1.807, 2.05) is 30.3 Å². The molecule has 2 N–H and O–H groups in total. The second-order valence-electron chi connectivity index (χ2n) is 6.50. The van der Waals surface area contributed by atoms with Gasteiger partial charge in [0.05, 0.1) is 11.6 Å². The molecule has 1 aliphatic heterocycles. The number of pyridine rings is 1. The Hall–Kier alpha value is -2.34. The molecule has 4 rings (SSSR count). The lowest BCUT2D eigenvalue weighted by Gasteiger charge is -2.35. The highest BCUT2D eigenvalue weighted by atomic mass is 15.2. The lowest BCUT2D eigenvalue weighted by molar-refractivity contribution is 0.432. The van der Waals surface area contributed by atoms with Crippen molar-refractivity contribution in [1.29, 1.82) is 0 Å². The Kier molecular flexibility index (Phi) is 3.98. The van der Waals surface area contributed by atoms with E-state index in [1.54, 1.807) is 0 Å². The summed E-state index contributed by atoms with van der Waals surface area (Å²) in [5.74, 6) is 0. The number of anilines is 1. The van der Waals surface area contributed by atoms with Crippen LogP contribution < -0.4 is 10.2 Å². The molecule has 6 nitrogen and oxygen atoms in total. The number of hydrogen-bond acceptors (Lipinski definition) is 4. The fourth-order valence-corrected chi connectivity index (χ4v) is 3.74. The van der Waals surface area contributed by atoms with Gasteiger partial charge in [-0.25, -0.2) is 4.98 Å². The summed E-state index contributed by atoms with van der Waals surface area (Å²) in [5.41, 5.74) is 4.50. The monoisotopic (exact) mass is 324 g/mol. The van der Waals surface area contributed by atoms with Gasteiger partial charge in [0, 0.05) is 61.6 Å². The average Bonchev–Trinajstić information content (AvgIpc) is 3.21. The largest absolute Gasteiger partial charge is 0.369 e. The zero-order valence-corrected chi connectivity index (χ0v) is 14.3. The van der Waals surface area contributed by atoms with Gasteiger partial charge in [-0.3, -0.25) is 4.68 Å². The maximum absolute atomic E-state index is 4.52. The minimum absolute atomic E-state index is 0.563. The highest BCUT2D eigenvalue weighted by Gasteiger charge is 2.22. The molecule has 0 unspecified atom stereocenters. The zero-order valence-electron chi connectivity index (χ0n) is 14.3. The zero-order chi connectivity index (χ0) is 16.5. The van der Waals surface area contributed by atoms with Crippen LogP contribution in [-0.2, 0) is 7.05 Å². The molecule has 3 aromatic heterocycles. The van der Waals surface area contributed by atoms with Gasteiger partial charge in [0.1, 0.15) is 5.65 Å². The summed E-state index contributed by atoms with van der Waals surface area (Å²) in [6.07, 6.45) is 10.4. The van der Waals surface area contributed by atoms with Crippen LogP contribution in [0.3, 0.4) is 0 Å². The van der Waals surface area contributed by atoms with Crippen LogP contribution in [0.5, 0.6) is 0 Å². The highest BCUT2D eigenvalue weighted by molar-refractivity contribution is 6.02. The van der Waals surface area contributed by atoms with E-state index in [1.165, 1.54) is 29.5 Å². The van der Waals surface area contributed by atoms with Crippen molar-refractivity contribution >= 4 is 16.7 Å². The molecular formula is C18H24N6. The highest BCUT2D eigenvalue weighted by Crippen LogP contribution is 2.35. The summed E-state index contributed by atoms with van der Waals surface area (Å²) in [4.78, 5) is 10.3. The normalized spacial score (nSPS) is 18.4. The Morgan fingerprint density at radius 1 is 1.42 bits per heavy atom. The molecule has 24 heavy (non-hydrogen) atoms. The molecule has 126 valence electrons. The summed E-state index contributed by atoms with van der Waals surface area (Å²) < 4.78 is 1.84. The number of nitrogens with one attached hydrogen (secondary N) is 2. The van der Waals surface area contributed by atoms with Gasteiger partial charge in [-0.15, -0.1) is 0 Å². The van der Waals surface area contributed by atoms with Crippen molar-refractivity contribution in [2.75, 3.05) is 24.5 Å². The second-order valence-corrected chi connectivity index (χ2v) is 6.50. The first-order valence-electron chi connectivity index (χ1n) is 8.69. The number of H-pyrrole nitrogens is 1. The van der Waals surface area contributed by atoms with Crippen molar-refractivity contribution < 1.29 is 0 Å². The number of nitrogens with zero attached hydrogens (tertiary/aromatic N) is 4. The maximum Gasteiger partial charge on any atom is 0.139 e. The van der Waals surface area contributed by atoms with E-state index in [2.05, 4.69) is 44.5 Å². The second kappa shape index (κ2) is 6.28. The molecule has 1 atom stereocenters. The summed E-state index contributed by atoms with van der Waals surface area (Å²) in [6, 6.07) is 2.71. The van der Waals surface area contributed by atoms with Crippen LogP contribution in [-0.4, -0.2) is 45.4 Å². The fraction of sp³-hybridized carbons (Fsp3) is 0.444. The molecule has 0 spiro atoms. The van der Waals surface area contributed by atoms with Crippen molar-refractivity contribution in [2.45, 2.75) is 25.8 Å². The van der Waals surface area contributed by atoms with E-state index in [0.29, 0.717) is 6.04 Å². The first-order chi connectivity index (χ1) is 11.8. The van der Waals surface area contributed by atoms with Crippen LogP contribution >= 0.6 is 0 Å². The topological polar surface area (TPSA) is 61.8 Å². The average molecular weight is 324 g/mol. The van der Waals surface area contributed by atoms with Crippen molar-refractivity contribution in [3.63, 3.8) is 0 Å². The van der Waals surface area contributed by atoms with Gasteiger partial charge in [0.2, 0.25) is 0 Å². The molecule has 0 aliphatic carbocycles. The molecule has 0 amide bonds. The first kappa shape index (κ1) is 15.2. The first-order valence-corrected chi connectivity index (χ1v) is 8.69. The predicted octanol–water partition coefficient (Wildman–Crippen LogP) is 2.54. The molecular weight excluding hydrogens is 300 g/mol. The number of aryl methyl sites for hydroxylation is 1. The molecule has 1 aliphatic rings. The smallest absolute Gasteiger partial charge is 0.139 e. The van der Waals surface area contributed by atoms with Crippen LogP contribution in [0.25, 0.3) is 22.2 Å². The minimum Gasteiger partial charge on any atom is -0.369 e. The van der Waals surface area contributed by atoms with Gasteiger partial charge in [-0.1, -0.05) is 6.92 Å². The molecule has 0 radical (unpaired) electrons. The molecule has 0 bridgehead atoms. The molecule has 1 saturated heterocycles. The molecule has 4 heterocycles. The molecule has 1 fully saturated rings. The number of aromatic amines is 1. The standard InChI is InChI=1S/C18H24N6/c1-3-19-14-5-4-8-24(12-14)16-6-7-20-18-17(16)15(10-21-18)13-9-22-23(2)11-13/h6-7,9-11,14,19H,3-5,8,12H2,1-2H3,(H,20,21)/t14-/m0/s1. The van der Waals surface area contributed by atoms with Gasteiger partial charge < -0.3 is 15.2 Å².